The summed E-state index contributed by atoms with van der Waals surface area (Å²) in [5.41, 5.74) is 3.50. The molecule has 0 spiro atoms. The zero-order chi connectivity index (χ0) is 16.2. The summed E-state index contributed by atoms with van der Waals surface area (Å²) >= 11 is 0. The van der Waals surface area contributed by atoms with E-state index in [1.807, 2.05) is 22.6 Å². The van der Waals surface area contributed by atoms with Crippen molar-refractivity contribution in [3.05, 3.63) is 42.0 Å². The number of hydrogen-bond donors (Lipinski definition) is 0. The molecule has 0 aliphatic carbocycles. The normalized spacial score (nSPS) is 18.1. The Balaban J connectivity index is 1.76. The molecule has 0 aromatic carbocycles. The van der Waals surface area contributed by atoms with Crippen LogP contribution >= 0.6 is 0 Å². The molecule has 3 heterocycles. The fraction of sp³-hybridized carbons (Fsp3) is 0.562. The first kappa shape index (κ1) is 15.9. The first-order chi connectivity index (χ1) is 11.2. The highest BCUT2D eigenvalue weighted by atomic mass is 16.5. The Morgan fingerprint density at radius 3 is 3.04 bits per heavy atom. The molecule has 23 heavy (non-hydrogen) atoms. The Labute approximate surface area is 136 Å². The smallest absolute Gasteiger partial charge is 0.100 e. The zero-order valence-electron chi connectivity index (χ0n) is 13.9. The molecule has 1 aliphatic rings. The van der Waals surface area contributed by atoms with Gasteiger partial charge in [0.15, 0.2) is 0 Å². The minimum atomic E-state index is 0.283. The summed E-state index contributed by atoms with van der Waals surface area (Å²) < 4.78 is 9.56. The Morgan fingerprint density at radius 2 is 2.35 bits per heavy atom. The van der Waals surface area contributed by atoms with Crippen molar-refractivity contribution in [1.82, 2.24) is 29.7 Å². The lowest BCUT2D eigenvalue weighted by atomic mass is 9.98. The van der Waals surface area contributed by atoms with E-state index in [9.17, 15) is 0 Å². The predicted molar refractivity (Wildman–Crippen MR) is 86.8 cm³/mol. The maximum absolute atomic E-state index is 5.72. The third-order valence-corrected chi connectivity index (χ3v) is 4.10. The minimum absolute atomic E-state index is 0.283. The van der Waals surface area contributed by atoms with Crippen LogP contribution in [0.4, 0.5) is 0 Å². The van der Waals surface area contributed by atoms with Crippen molar-refractivity contribution in [3.8, 4) is 0 Å². The van der Waals surface area contributed by atoms with Gasteiger partial charge in [0.05, 0.1) is 25.1 Å². The van der Waals surface area contributed by atoms with E-state index >= 15 is 0 Å². The number of ether oxygens (including phenoxy) is 1. The zero-order valence-corrected chi connectivity index (χ0v) is 13.9. The van der Waals surface area contributed by atoms with E-state index in [-0.39, 0.29) is 5.92 Å². The lowest BCUT2D eigenvalue weighted by molar-refractivity contribution is 0.111. The molecule has 0 fully saturated rings. The number of aromatic nitrogens is 5. The fourth-order valence-electron chi connectivity index (χ4n) is 3.18. The van der Waals surface area contributed by atoms with Gasteiger partial charge in [-0.15, -0.1) is 11.7 Å². The van der Waals surface area contributed by atoms with Crippen molar-refractivity contribution < 1.29 is 4.74 Å². The second-order valence-corrected chi connectivity index (χ2v) is 5.95. The summed E-state index contributed by atoms with van der Waals surface area (Å²) in [5.74, 6) is 0.283. The van der Waals surface area contributed by atoms with Gasteiger partial charge in [0, 0.05) is 50.9 Å². The molecule has 1 atom stereocenters. The van der Waals surface area contributed by atoms with Crippen LogP contribution in [0.25, 0.3) is 0 Å². The van der Waals surface area contributed by atoms with Gasteiger partial charge in [0.25, 0.3) is 0 Å². The Hall–Kier alpha value is -1.99. The first-order valence-corrected chi connectivity index (χ1v) is 8.02. The minimum Gasteiger partial charge on any atom is -0.377 e. The van der Waals surface area contributed by atoms with Crippen molar-refractivity contribution >= 4 is 0 Å². The highest BCUT2D eigenvalue weighted by Crippen LogP contribution is 2.28. The topological polar surface area (TPSA) is 61.0 Å². The molecule has 1 aliphatic heterocycles. The third-order valence-electron chi connectivity index (χ3n) is 4.10. The Kier molecular flexibility index (Phi) is 4.88. The molecule has 2 aromatic rings. The van der Waals surface area contributed by atoms with Crippen LogP contribution in [0.5, 0.6) is 0 Å². The van der Waals surface area contributed by atoms with E-state index in [1.54, 1.807) is 6.08 Å². The van der Waals surface area contributed by atoms with Gasteiger partial charge in [0.1, 0.15) is 5.69 Å². The van der Waals surface area contributed by atoms with Crippen molar-refractivity contribution in [3.63, 3.8) is 0 Å². The molecular formula is C16H24N6O. The molecule has 2 aromatic heterocycles. The standard InChI is InChI=1S/C16H24N6O/c1-4-6-23-12-14-10-21(9-13-7-17-20(3)8-13)11-15-16(14)22(5-2)19-18-15/h4,7-8,14H,1,5-6,9-12H2,2-3H3/t14-/m1/s1. The summed E-state index contributed by atoms with van der Waals surface area (Å²) in [7, 11) is 1.94. The number of aryl methyl sites for hydroxylation is 2. The number of hydrogen-bond acceptors (Lipinski definition) is 5. The van der Waals surface area contributed by atoms with Crippen molar-refractivity contribution in [2.75, 3.05) is 19.8 Å². The molecule has 124 valence electrons. The molecule has 0 amide bonds. The number of rotatable bonds is 7. The van der Waals surface area contributed by atoms with Crippen LogP contribution < -0.4 is 0 Å². The van der Waals surface area contributed by atoms with E-state index in [4.69, 9.17) is 4.74 Å². The molecular weight excluding hydrogens is 292 g/mol. The predicted octanol–water partition coefficient (Wildman–Crippen LogP) is 1.33. The molecule has 7 heteroatoms. The number of fused-ring (bicyclic) bond motifs is 1. The highest BCUT2D eigenvalue weighted by Gasteiger charge is 2.30. The van der Waals surface area contributed by atoms with Gasteiger partial charge in [-0.25, -0.2) is 4.68 Å². The SMILES string of the molecule is C=CCOC[C@H]1CN(Cc2cnn(C)c2)Cc2nnn(CC)c21. The molecule has 7 nitrogen and oxygen atoms in total. The quantitative estimate of drug-likeness (QED) is 0.570. The van der Waals surface area contributed by atoms with Crippen LogP contribution in [0.1, 0.15) is 29.8 Å². The average Bonchev–Trinajstić information content (AvgIpc) is 3.13. The van der Waals surface area contributed by atoms with E-state index in [0.29, 0.717) is 13.2 Å². The molecule has 3 rings (SSSR count). The molecule has 0 bridgehead atoms. The lowest BCUT2D eigenvalue weighted by Crippen LogP contribution is -2.36. The number of nitrogens with zero attached hydrogens (tertiary/aromatic N) is 6. The van der Waals surface area contributed by atoms with Gasteiger partial charge in [-0.05, 0) is 6.92 Å². The van der Waals surface area contributed by atoms with Crippen molar-refractivity contribution in [2.24, 2.45) is 7.05 Å². The van der Waals surface area contributed by atoms with Crippen LogP contribution in [0.15, 0.2) is 25.0 Å². The van der Waals surface area contributed by atoms with Gasteiger partial charge in [-0.3, -0.25) is 9.58 Å². The second-order valence-electron chi connectivity index (χ2n) is 5.95. The van der Waals surface area contributed by atoms with Crippen LogP contribution in [-0.2, 0) is 31.4 Å². The van der Waals surface area contributed by atoms with Gasteiger partial charge < -0.3 is 4.74 Å². The maximum Gasteiger partial charge on any atom is 0.100 e. The van der Waals surface area contributed by atoms with Gasteiger partial charge >= 0.3 is 0 Å². The van der Waals surface area contributed by atoms with E-state index in [0.717, 1.165) is 31.9 Å². The van der Waals surface area contributed by atoms with Crippen LogP contribution in [-0.4, -0.2) is 49.4 Å². The molecule has 0 saturated heterocycles. The van der Waals surface area contributed by atoms with E-state index in [1.165, 1.54) is 11.3 Å². The van der Waals surface area contributed by atoms with Crippen molar-refractivity contribution in [2.45, 2.75) is 32.5 Å². The fourth-order valence-corrected chi connectivity index (χ4v) is 3.18. The van der Waals surface area contributed by atoms with Crippen LogP contribution in [0.2, 0.25) is 0 Å². The summed E-state index contributed by atoms with van der Waals surface area (Å²) in [6.45, 7) is 10.5. The maximum atomic E-state index is 5.72. The summed E-state index contributed by atoms with van der Waals surface area (Å²) in [6, 6.07) is 0. The second kappa shape index (κ2) is 7.06. The monoisotopic (exact) mass is 316 g/mol. The highest BCUT2D eigenvalue weighted by molar-refractivity contribution is 5.20. The van der Waals surface area contributed by atoms with E-state index in [2.05, 4.69) is 40.0 Å². The van der Waals surface area contributed by atoms with E-state index < -0.39 is 0 Å². The molecule has 0 saturated carbocycles. The Morgan fingerprint density at radius 1 is 1.48 bits per heavy atom. The first-order valence-electron chi connectivity index (χ1n) is 8.02. The molecule has 0 unspecified atom stereocenters. The average molecular weight is 316 g/mol. The van der Waals surface area contributed by atoms with Crippen LogP contribution in [0.3, 0.4) is 0 Å². The van der Waals surface area contributed by atoms with Gasteiger partial charge in [-0.1, -0.05) is 11.3 Å². The van der Waals surface area contributed by atoms with Gasteiger partial charge in [-0.2, -0.15) is 5.10 Å². The van der Waals surface area contributed by atoms with Gasteiger partial charge in [0.2, 0.25) is 0 Å². The van der Waals surface area contributed by atoms with Crippen molar-refractivity contribution in [1.29, 1.82) is 0 Å². The van der Waals surface area contributed by atoms with Crippen LogP contribution in [0, 0.1) is 0 Å². The molecule has 0 N–H and O–H groups in total. The third kappa shape index (κ3) is 3.51. The lowest BCUT2D eigenvalue weighted by Gasteiger charge is -2.32. The Bertz CT molecular complexity index is 661. The molecule has 0 radical (unpaired) electrons. The summed E-state index contributed by atoms with van der Waals surface area (Å²) in [6.07, 6.45) is 5.76. The summed E-state index contributed by atoms with van der Waals surface area (Å²) in [4.78, 5) is 2.38. The largest absolute Gasteiger partial charge is 0.377 e. The summed E-state index contributed by atoms with van der Waals surface area (Å²) in [5, 5.41) is 12.9.